The van der Waals surface area contributed by atoms with Crippen molar-refractivity contribution in [2.45, 2.75) is 31.9 Å². The fourth-order valence-corrected chi connectivity index (χ4v) is 1.47. The lowest BCUT2D eigenvalue weighted by atomic mass is 10.2. The number of nitrogens with one attached hydrogen (secondary N) is 3. The average Bonchev–Trinajstić information content (AvgIpc) is 2.84. The highest BCUT2D eigenvalue weighted by Gasteiger charge is 2.24. The van der Waals surface area contributed by atoms with Gasteiger partial charge in [0.1, 0.15) is 5.82 Å². The maximum Gasteiger partial charge on any atom is 0.328 e. The van der Waals surface area contributed by atoms with E-state index in [4.69, 9.17) is 5.11 Å². The van der Waals surface area contributed by atoms with Crippen molar-refractivity contribution in [1.29, 1.82) is 0 Å². The lowest BCUT2D eigenvalue weighted by Gasteiger charge is -2.17. The highest BCUT2D eigenvalue weighted by atomic mass is 16.4. The van der Waals surface area contributed by atoms with E-state index in [-0.39, 0.29) is 0 Å². The molecule has 5 N–H and O–H groups in total. The van der Waals surface area contributed by atoms with Crippen molar-refractivity contribution in [3.8, 4) is 0 Å². The molecule has 2 atom stereocenters. The van der Waals surface area contributed by atoms with Gasteiger partial charge >= 0.3 is 12.0 Å². The third-order valence-corrected chi connectivity index (χ3v) is 2.47. The molecule has 1 heterocycles. The fourth-order valence-electron chi connectivity index (χ4n) is 1.47. The number of aromatic amines is 1. The van der Waals surface area contributed by atoms with Crippen LogP contribution in [-0.4, -0.2) is 50.9 Å². The second-order valence-electron chi connectivity index (χ2n) is 4.10. The van der Waals surface area contributed by atoms with Gasteiger partial charge in [-0.1, -0.05) is 0 Å². The highest BCUT2D eigenvalue weighted by molar-refractivity contribution is 5.82. The van der Waals surface area contributed by atoms with E-state index >= 15 is 0 Å². The molecule has 0 spiro atoms. The maximum absolute atomic E-state index is 11.4. The molecule has 0 radical (unpaired) electrons. The number of aromatic nitrogens is 2. The number of carbonyl (C=O) groups is 2. The minimum absolute atomic E-state index is 0.388. The van der Waals surface area contributed by atoms with Gasteiger partial charge in [-0.15, -0.1) is 0 Å². The zero-order valence-electron chi connectivity index (χ0n) is 10.6. The number of aliphatic hydroxyl groups is 1. The summed E-state index contributed by atoms with van der Waals surface area (Å²) in [6.45, 7) is 1.69. The molecular formula is C11H18N4O4. The Kier molecular flexibility index (Phi) is 5.80. The van der Waals surface area contributed by atoms with Gasteiger partial charge in [0, 0.05) is 25.4 Å². The van der Waals surface area contributed by atoms with E-state index in [0.29, 0.717) is 19.4 Å². The smallest absolute Gasteiger partial charge is 0.328 e. The number of carbonyl (C=O) groups excluding carboxylic acids is 1. The first kappa shape index (κ1) is 15.0. The summed E-state index contributed by atoms with van der Waals surface area (Å²) in [5.41, 5.74) is 0. The third kappa shape index (κ3) is 5.38. The van der Waals surface area contributed by atoms with E-state index in [9.17, 15) is 14.7 Å². The number of hydrogen-bond donors (Lipinski definition) is 5. The van der Waals surface area contributed by atoms with Crippen LogP contribution in [0.15, 0.2) is 12.4 Å². The Morgan fingerprint density at radius 3 is 2.79 bits per heavy atom. The first-order valence-corrected chi connectivity index (χ1v) is 5.94. The van der Waals surface area contributed by atoms with Crippen LogP contribution in [0, 0.1) is 0 Å². The number of carboxylic acids is 1. The topological polar surface area (TPSA) is 127 Å². The van der Waals surface area contributed by atoms with Crippen molar-refractivity contribution in [2.24, 2.45) is 0 Å². The molecule has 0 bridgehead atoms. The SMILES string of the molecule is CC(O)C(NC(=O)NCCCc1ncc[nH]1)C(=O)O. The van der Waals surface area contributed by atoms with Crippen molar-refractivity contribution in [3.63, 3.8) is 0 Å². The standard InChI is InChI=1S/C11H18N4O4/c1-7(16)9(10(17)18)15-11(19)14-4-2-3-8-12-5-6-13-8/h5-7,9,16H,2-4H2,1H3,(H,12,13)(H,17,18)(H2,14,15,19). The van der Waals surface area contributed by atoms with Crippen LogP contribution in [0.3, 0.4) is 0 Å². The molecule has 2 unspecified atom stereocenters. The molecule has 8 nitrogen and oxygen atoms in total. The summed E-state index contributed by atoms with van der Waals surface area (Å²) in [7, 11) is 0. The van der Waals surface area contributed by atoms with Gasteiger partial charge in [-0.3, -0.25) is 0 Å². The number of hydrogen-bond acceptors (Lipinski definition) is 4. The monoisotopic (exact) mass is 270 g/mol. The summed E-state index contributed by atoms with van der Waals surface area (Å²) < 4.78 is 0. The number of urea groups is 1. The van der Waals surface area contributed by atoms with Crippen LogP contribution in [0.5, 0.6) is 0 Å². The fraction of sp³-hybridized carbons (Fsp3) is 0.545. The van der Waals surface area contributed by atoms with Crippen LogP contribution in [-0.2, 0) is 11.2 Å². The molecule has 2 amide bonds. The number of rotatable bonds is 7. The largest absolute Gasteiger partial charge is 0.480 e. The molecule has 1 aromatic rings. The number of nitrogens with zero attached hydrogens (tertiary/aromatic N) is 1. The minimum Gasteiger partial charge on any atom is -0.480 e. The predicted molar refractivity (Wildman–Crippen MR) is 66.5 cm³/mol. The zero-order chi connectivity index (χ0) is 14.3. The van der Waals surface area contributed by atoms with Crippen molar-refractivity contribution in [2.75, 3.05) is 6.54 Å². The molecule has 0 aliphatic rings. The van der Waals surface area contributed by atoms with Crippen molar-refractivity contribution in [1.82, 2.24) is 20.6 Å². The summed E-state index contributed by atoms with van der Waals surface area (Å²) in [5.74, 6) is -0.449. The molecule has 0 aromatic carbocycles. The Bertz CT molecular complexity index is 405. The van der Waals surface area contributed by atoms with E-state index in [1.165, 1.54) is 6.92 Å². The molecule has 0 saturated carbocycles. The van der Waals surface area contributed by atoms with Crippen LogP contribution in [0.4, 0.5) is 4.79 Å². The summed E-state index contributed by atoms with van der Waals surface area (Å²) in [5, 5.41) is 22.7. The first-order valence-electron chi connectivity index (χ1n) is 5.94. The van der Waals surface area contributed by atoms with E-state index in [2.05, 4.69) is 20.6 Å². The molecule has 0 fully saturated rings. The number of aryl methyl sites for hydroxylation is 1. The van der Waals surface area contributed by atoms with E-state index in [0.717, 1.165) is 5.82 Å². The average molecular weight is 270 g/mol. The minimum atomic E-state index is -1.31. The molecule has 0 aliphatic heterocycles. The summed E-state index contributed by atoms with van der Waals surface area (Å²) >= 11 is 0. The van der Waals surface area contributed by atoms with E-state index < -0.39 is 24.1 Å². The van der Waals surface area contributed by atoms with Gasteiger partial charge in [0.2, 0.25) is 0 Å². The molecule has 1 aromatic heterocycles. The Morgan fingerprint density at radius 2 is 2.26 bits per heavy atom. The maximum atomic E-state index is 11.4. The molecule has 0 saturated heterocycles. The second-order valence-corrected chi connectivity index (χ2v) is 4.10. The quantitative estimate of drug-likeness (QED) is 0.426. The second kappa shape index (κ2) is 7.37. The Labute approximate surface area is 110 Å². The van der Waals surface area contributed by atoms with Crippen molar-refractivity contribution >= 4 is 12.0 Å². The number of H-pyrrole nitrogens is 1. The van der Waals surface area contributed by atoms with Gasteiger partial charge in [-0.05, 0) is 13.3 Å². The van der Waals surface area contributed by atoms with Crippen molar-refractivity contribution in [3.05, 3.63) is 18.2 Å². The van der Waals surface area contributed by atoms with E-state index in [1.807, 2.05) is 0 Å². The number of carboxylic acid groups (broad SMARTS) is 1. The van der Waals surface area contributed by atoms with Crippen LogP contribution in [0.2, 0.25) is 0 Å². The van der Waals surface area contributed by atoms with Crippen molar-refractivity contribution < 1.29 is 19.8 Å². The molecule has 8 heteroatoms. The van der Waals surface area contributed by atoms with E-state index in [1.54, 1.807) is 12.4 Å². The first-order chi connectivity index (χ1) is 9.00. The predicted octanol–water partition coefficient (Wildman–Crippen LogP) is -0.525. The Hall–Kier alpha value is -2.09. The molecule has 1 rings (SSSR count). The number of aliphatic carboxylic acids is 1. The summed E-state index contributed by atoms with van der Waals surface area (Å²) in [4.78, 5) is 29.1. The lowest BCUT2D eigenvalue weighted by Crippen LogP contribution is -2.51. The molecular weight excluding hydrogens is 252 g/mol. The van der Waals surface area contributed by atoms with Gasteiger partial charge in [-0.2, -0.15) is 0 Å². The zero-order valence-corrected chi connectivity index (χ0v) is 10.6. The number of imidazole rings is 1. The molecule has 106 valence electrons. The molecule has 0 aliphatic carbocycles. The van der Waals surface area contributed by atoms with Gasteiger partial charge in [-0.25, -0.2) is 14.6 Å². The lowest BCUT2D eigenvalue weighted by molar-refractivity contribution is -0.141. The van der Waals surface area contributed by atoms with Gasteiger partial charge in [0.25, 0.3) is 0 Å². The van der Waals surface area contributed by atoms with Gasteiger partial charge in [0.15, 0.2) is 6.04 Å². The summed E-state index contributed by atoms with van der Waals surface area (Å²) in [6, 6.07) is -1.93. The number of aliphatic hydroxyl groups excluding tert-OH is 1. The third-order valence-electron chi connectivity index (χ3n) is 2.47. The highest BCUT2D eigenvalue weighted by Crippen LogP contribution is 1.94. The normalized spacial score (nSPS) is 13.6. The van der Waals surface area contributed by atoms with Gasteiger partial charge < -0.3 is 25.8 Å². The summed E-state index contributed by atoms with van der Waals surface area (Å²) in [6.07, 6.45) is 3.57. The van der Waals surface area contributed by atoms with Crippen LogP contribution < -0.4 is 10.6 Å². The Balaban J connectivity index is 2.21. The van der Waals surface area contributed by atoms with Crippen LogP contribution >= 0.6 is 0 Å². The number of amides is 2. The van der Waals surface area contributed by atoms with Gasteiger partial charge in [0.05, 0.1) is 6.10 Å². The van der Waals surface area contributed by atoms with Crippen LogP contribution in [0.25, 0.3) is 0 Å². The molecule has 19 heavy (non-hydrogen) atoms. The van der Waals surface area contributed by atoms with Crippen LogP contribution in [0.1, 0.15) is 19.2 Å². The Morgan fingerprint density at radius 1 is 1.53 bits per heavy atom.